The minimum Gasteiger partial charge on any atom is -0.453 e. The molecule has 3 nitrogen and oxygen atoms in total. The van der Waals surface area contributed by atoms with Crippen LogP contribution in [-0.4, -0.2) is 11.3 Å². The van der Waals surface area contributed by atoms with Crippen LogP contribution in [0.3, 0.4) is 0 Å². The molecule has 1 spiro atoms. The van der Waals surface area contributed by atoms with E-state index < -0.39 is 0 Å². The molecule has 0 saturated heterocycles. The van der Waals surface area contributed by atoms with E-state index in [1.54, 1.807) is 11.1 Å². The Morgan fingerprint density at radius 3 is 2.40 bits per heavy atom. The van der Waals surface area contributed by atoms with E-state index in [-0.39, 0.29) is 6.85 Å². The minimum absolute atomic E-state index is 0.0873. The highest BCUT2D eigenvalue weighted by Crippen LogP contribution is 2.92. The lowest BCUT2D eigenvalue weighted by Gasteiger charge is -2.91. The number of para-hydroxylation sites is 3. The SMILES string of the molecule is Cc1cc2c3c(c1)N1c4ccccc4Oc4cccc(c41)B3n1c3ccc(C45CC6CC4CCC65)cc3c3cc(C45CC6CC7CC(C4)C765)cc-2c31. The van der Waals surface area contributed by atoms with Gasteiger partial charge in [-0.05, 0) is 181 Å². The van der Waals surface area contributed by atoms with Crippen LogP contribution in [-0.2, 0) is 10.8 Å². The Hall–Kier alpha value is -4.44. The summed E-state index contributed by atoms with van der Waals surface area (Å²) < 4.78 is 9.51. The van der Waals surface area contributed by atoms with E-state index in [9.17, 15) is 0 Å². The van der Waals surface area contributed by atoms with Gasteiger partial charge < -0.3 is 14.1 Å². The summed E-state index contributed by atoms with van der Waals surface area (Å²) in [6.07, 6.45) is 11.7. The first-order valence-electron chi connectivity index (χ1n) is 20.6. The second kappa shape index (κ2) is 7.77. The number of hydrogen-bond acceptors (Lipinski definition) is 2. The lowest BCUT2D eigenvalue weighted by atomic mass is 9.12. The molecule has 0 amide bonds. The average Bonchev–Trinajstić information content (AvgIpc) is 3.83. The number of aryl methyl sites for hydroxylation is 1. The predicted octanol–water partition coefficient (Wildman–Crippen LogP) is 10.0. The van der Waals surface area contributed by atoms with E-state index in [1.165, 1.54) is 112 Å². The van der Waals surface area contributed by atoms with Gasteiger partial charge in [-0.3, -0.25) is 0 Å². The van der Waals surface area contributed by atoms with Crippen molar-refractivity contribution in [1.29, 1.82) is 0 Å². The largest absolute Gasteiger partial charge is 0.453 e. The van der Waals surface area contributed by atoms with Gasteiger partial charge in [-0.1, -0.05) is 36.4 Å². The second-order valence-corrected chi connectivity index (χ2v) is 19.4. The summed E-state index contributed by atoms with van der Waals surface area (Å²) in [5.74, 6) is 7.71. The normalized spacial score (nSPS) is 37.0. The zero-order valence-corrected chi connectivity index (χ0v) is 29.6. The van der Waals surface area contributed by atoms with E-state index in [2.05, 4.69) is 101 Å². The van der Waals surface area contributed by atoms with E-state index in [0.29, 0.717) is 16.2 Å². The maximum atomic E-state index is 6.71. The van der Waals surface area contributed by atoms with Crippen LogP contribution in [0.25, 0.3) is 32.9 Å². The first-order chi connectivity index (χ1) is 25.6. The molecule has 11 aliphatic rings. The summed E-state index contributed by atoms with van der Waals surface area (Å²) in [5, 5.41) is 3.04. The Labute approximate surface area is 304 Å². The van der Waals surface area contributed by atoms with Crippen molar-refractivity contribution < 1.29 is 4.74 Å². The maximum absolute atomic E-state index is 6.71. The van der Waals surface area contributed by atoms with Gasteiger partial charge in [0.2, 0.25) is 0 Å². The Balaban J connectivity index is 1.03. The minimum atomic E-state index is 0.0873. The molecular weight excluding hydrogens is 631 g/mol. The van der Waals surface area contributed by atoms with Gasteiger partial charge in [0.05, 0.1) is 11.4 Å². The van der Waals surface area contributed by atoms with Crippen LogP contribution in [0.15, 0.2) is 84.9 Å². The van der Waals surface area contributed by atoms with Gasteiger partial charge in [0.25, 0.3) is 0 Å². The van der Waals surface area contributed by atoms with E-state index in [0.717, 1.165) is 52.7 Å². The molecular formula is C48H39BN2O. The average molecular weight is 671 g/mol. The van der Waals surface area contributed by atoms with Crippen LogP contribution in [0, 0.1) is 47.8 Å². The molecule has 8 aliphatic carbocycles. The first kappa shape index (κ1) is 26.3. The summed E-state index contributed by atoms with van der Waals surface area (Å²) in [4.78, 5) is 2.54. The highest BCUT2D eigenvalue weighted by molar-refractivity contribution is 6.90. The third kappa shape index (κ3) is 2.34. The Kier molecular flexibility index (Phi) is 3.94. The van der Waals surface area contributed by atoms with Gasteiger partial charge in [0, 0.05) is 43.9 Å². The molecule has 4 heteroatoms. The molecule has 1 aromatic heterocycles. The third-order valence-electron chi connectivity index (χ3n) is 18.4. The first-order valence-corrected chi connectivity index (χ1v) is 20.6. The van der Waals surface area contributed by atoms with Crippen molar-refractivity contribution >= 4 is 56.6 Å². The Bertz CT molecular complexity index is 2760. The van der Waals surface area contributed by atoms with Gasteiger partial charge >= 0.3 is 6.85 Å². The molecule has 17 rings (SSSR count). The van der Waals surface area contributed by atoms with Gasteiger partial charge in [-0.2, -0.15) is 0 Å². The fraction of sp³-hybridized carbons (Fsp3) is 0.375. The van der Waals surface area contributed by atoms with Crippen LogP contribution in [0.2, 0.25) is 0 Å². The summed E-state index contributed by atoms with van der Waals surface area (Å²) in [7, 11) is 0. The fourth-order valence-corrected chi connectivity index (χ4v) is 16.9. The quantitative estimate of drug-likeness (QED) is 0.170. The molecule has 6 unspecified atom stereocenters. The molecule has 8 fully saturated rings. The Morgan fingerprint density at radius 1 is 0.712 bits per heavy atom. The van der Waals surface area contributed by atoms with Crippen molar-refractivity contribution in [3.05, 3.63) is 102 Å². The lowest BCUT2D eigenvalue weighted by Crippen LogP contribution is -2.87. The highest BCUT2D eigenvalue weighted by atomic mass is 16.5. The molecule has 4 heterocycles. The molecule has 8 saturated carbocycles. The van der Waals surface area contributed by atoms with Crippen molar-refractivity contribution in [3.63, 3.8) is 0 Å². The number of aromatic nitrogens is 1. The number of hydrogen-bond donors (Lipinski definition) is 0. The standard InChI is InChI=1S/C48H39BN2O/c1-24-13-33-35-20-28(46-22-30-16-29-17-31(23-46)48(29,30)46)19-34-32-18-27(47-21-25-15-26(47)9-11-36(25)47)10-12-38(32)51(44(34)35)49-37-5-4-8-42-45(37)50(40(14-24)43(33)49)39-6-2-3-7-41(39)52-42/h2-8,10,12-14,18-20,25-26,29-31,36H,9,11,15-17,21-23H2,1H3. The number of nitrogens with zero attached hydrogens (tertiary/aromatic N) is 2. The summed E-state index contributed by atoms with van der Waals surface area (Å²) in [5.41, 5.74) is 18.5. The van der Waals surface area contributed by atoms with Crippen molar-refractivity contribution in [3.8, 4) is 22.6 Å². The monoisotopic (exact) mass is 670 g/mol. The van der Waals surface area contributed by atoms with Crippen LogP contribution >= 0.6 is 0 Å². The summed E-state index contributed by atoms with van der Waals surface area (Å²) in [6.45, 7) is 2.40. The molecule has 3 aliphatic heterocycles. The smallest absolute Gasteiger partial charge is 0.333 e. The molecule has 0 N–H and O–H groups in total. The second-order valence-electron chi connectivity index (χ2n) is 19.4. The molecule has 6 aromatic rings. The summed E-state index contributed by atoms with van der Waals surface area (Å²) in [6, 6.07) is 33.9. The number of ether oxygens (including phenoxy) is 1. The maximum Gasteiger partial charge on any atom is 0.333 e. The molecule has 0 radical (unpaired) electrons. The number of benzene rings is 5. The van der Waals surface area contributed by atoms with Crippen molar-refractivity contribution in [2.45, 2.75) is 69.1 Å². The molecule has 250 valence electrons. The van der Waals surface area contributed by atoms with Gasteiger partial charge in [0.15, 0.2) is 11.5 Å². The highest BCUT2D eigenvalue weighted by Gasteiger charge is 2.87. The van der Waals surface area contributed by atoms with Crippen molar-refractivity contribution in [1.82, 2.24) is 4.48 Å². The zero-order valence-electron chi connectivity index (χ0n) is 29.6. The Morgan fingerprint density at radius 2 is 1.58 bits per heavy atom. The lowest BCUT2D eigenvalue weighted by molar-refractivity contribution is -0.395. The van der Waals surface area contributed by atoms with Crippen LogP contribution in [0.4, 0.5) is 17.1 Å². The van der Waals surface area contributed by atoms with Crippen molar-refractivity contribution in [2.24, 2.45) is 40.9 Å². The third-order valence-corrected chi connectivity index (χ3v) is 18.4. The van der Waals surface area contributed by atoms with Gasteiger partial charge in [-0.25, -0.2) is 0 Å². The number of anilines is 3. The van der Waals surface area contributed by atoms with E-state index in [4.69, 9.17) is 4.74 Å². The van der Waals surface area contributed by atoms with Crippen LogP contribution in [0.1, 0.15) is 68.1 Å². The summed E-state index contributed by atoms with van der Waals surface area (Å²) >= 11 is 0. The molecule has 6 atom stereocenters. The predicted molar refractivity (Wildman–Crippen MR) is 208 cm³/mol. The van der Waals surface area contributed by atoms with Crippen LogP contribution in [0.5, 0.6) is 11.5 Å². The molecule has 4 bridgehead atoms. The molecule has 52 heavy (non-hydrogen) atoms. The van der Waals surface area contributed by atoms with E-state index >= 15 is 0 Å². The molecule has 5 aromatic carbocycles. The number of fused-ring (bicyclic) bond motifs is 9. The zero-order chi connectivity index (χ0) is 33.2. The van der Waals surface area contributed by atoms with Crippen LogP contribution < -0.4 is 20.6 Å². The van der Waals surface area contributed by atoms with Gasteiger partial charge in [0.1, 0.15) is 0 Å². The van der Waals surface area contributed by atoms with E-state index in [1.807, 2.05) is 0 Å². The number of rotatable bonds is 2. The fourth-order valence-electron chi connectivity index (χ4n) is 16.9. The van der Waals surface area contributed by atoms with Crippen molar-refractivity contribution in [2.75, 3.05) is 4.90 Å². The van der Waals surface area contributed by atoms with Gasteiger partial charge in [-0.15, -0.1) is 0 Å². The topological polar surface area (TPSA) is 17.4 Å².